The van der Waals surface area contributed by atoms with Gasteiger partial charge in [0, 0.05) is 6.42 Å². The summed E-state index contributed by atoms with van der Waals surface area (Å²) in [5.41, 5.74) is -0.673. The third-order valence-corrected chi connectivity index (χ3v) is 2.19. The first-order valence-corrected chi connectivity index (χ1v) is 5.11. The van der Waals surface area contributed by atoms with Crippen molar-refractivity contribution in [1.29, 1.82) is 0 Å². The van der Waals surface area contributed by atoms with E-state index in [0.29, 0.717) is 0 Å². The number of carboxylic acids is 1. The van der Waals surface area contributed by atoms with Gasteiger partial charge >= 0.3 is 41.6 Å². The van der Waals surface area contributed by atoms with Crippen LogP contribution in [0.3, 0.4) is 0 Å². The second-order valence-electron chi connectivity index (χ2n) is 4.88. The Kier molecular flexibility index (Phi) is 5.93. The average Bonchev–Trinajstić information content (AvgIpc) is 2.44. The molecule has 1 amide bonds. The molecule has 0 aromatic heterocycles. The molecule has 94 valence electrons. The Labute approximate surface area is 122 Å². The van der Waals surface area contributed by atoms with Gasteiger partial charge in [-0.3, -0.25) is 4.90 Å². The summed E-state index contributed by atoms with van der Waals surface area (Å²) < 4.78 is 5.06. The topological polar surface area (TPSA) is 87.1 Å². The second kappa shape index (κ2) is 6.04. The van der Waals surface area contributed by atoms with Gasteiger partial charge in [-0.05, 0) is 20.8 Å². The van der Waals surface area contributed by atoms with Gasteiger partial charge in [-0.15, -0.1) is 0 Å². The molecule has 1 saturated heterocycles. The maximum absolute atomic E-state index is 11.7. The van der Waals surface area contributed by atoms with Crippen molar-refractivity contribution in [2.45, 2.75) is 44.9 Å². The Morgan fingerprint density at radius 2 is 1.88 bits per heavy atom. The molecule has 0 saturated carbocycles. The molecule has 1 aliphatic heterocycles. The van der Waals surface area contributed by atoms with Crippen LogP contribution in [0.5, 0.6) is 0 Å². The number of carboxylic acid groups (broad SMARTS) is 1. The Balaban J connectivity index is 0.00000256. The zero-order valence-electron chi connectivity index (χ0n) is 9.64. The van der Waals surface area contributed by atoms with E-state index < -0.39 is 29.8 Å². The van der Waals surface area contributed by atoms with Gasteiger partial charge in [0.1, 0.15) is 11.6 Å². The molecule has 1 aliphatic rings. The molecule has 2 atom stereocenters. The van der Waals surface area contributed by atoms with Crippen LogP contribution in [0.15, 0.2) is 0 Å². The molecule has 0 aromatic rings. The number of nitrogens with zero attached hydrogens (tertiary/aromatic N) is 1. The third kappa shape index (κ3) is 4.83. The fourth-order valence-electron chi connectivity index (χ4n) is 1.57. The normalized spacial score (nSPS) is 24.1. The van der Waals surface area contributed by atoms with E-state index in [4.69, 9.17) is 9.84 Å². The predicted octanol–water partition coefficient (Wildman–Crippen LogP) is -0.207. The summed E-state index contributed by atoms with van der Waals surface area (Å²) >= 11 is 0. The summed E-state index contributed by atoms with van der Waals surface area (Å²) in [6.45, 7) is 5.11. The van der Waals surface area contributed by atoms with Gasteiger partial charge in [0.05, 0.1) is 12.6 Å². The minimum absolute atomic E-state index is 0. The Morgan fingerprint density at radius 3 is 2.29 bits per heavy atom. The van der Waals surface area contributed by atoms with E-state index >= 15 is 0 Å². The van der Waals surface area contributed by atoms with E-state index in [0.717, 1.165) is 4.90 Å². The van der Waals surface area contributed by atoms with Gasteiger partial charge in [-0.2, -0.15) is 0 Å². The monoisotopic (exact) mass is 255 g/mol. The van der Waals surface area contributed by atoms with Gasteiger partial charge in [-0.1, -0.05) is 0 Å². The molecule has 17 heavy (non-hydrogen) atoms. The number of hydrogen-bond acceptors (Lipinski definition) is 4. The minimum atomic E-state index is -1.12. The standard InChI is InChI=1S/C10H17NO5.Na.H/c1-10(2,3)16-9(15)11-5-6(12)4-7(11)8(13)14;;/h6-7,12H,4-5H2,1-3H3,(H,13,14);;/t6-,7?;;/m1../s1. The molecule has 1 fully saturated rings. The number of carbonyl (C=O) groups excluding carboxylic acids is 1. The number of β-amino-alcohol motifs (C(OH)–C–C–N with tert-alkyl or cyclic N) is 1. The van der Waals surface area contributed by atoms with Gasteiger partial charge in [-0.25, -0.2) is 9.59 Å². The zero-order chi connectivity index (χ0) is 12.5. The average molecular weight is 255 g/mol. The zero-order valence-corrected chi connectivity index (χ0v) is 9.64. The van der Waals surface area contributed by atoms with E-state index in [1.54, 1.807) is 20.8 Å². The fraction of sp³-hybridized carbons (Fsp3) is 0.800. The van der Waals surface area contributed by atoms with Crippen molar-refractivity contribution in [2.24, 2.45) is 0 Å². The molecule has 1 rings (SSSR count). The molecule has 2 N–H and O–H groups in total. The van der Waals surface area contributed by atoms with Crippen LogP contribution in [0.4, 0.5) is 4.79 Å². The molecule has 6 nitrogen and oxygen atoms in total. The number of amides is 1. The Bertz CT molecular complexity index is 302. The van der Waals surface area contributed by atoms with Crippen molar-refractivity contribution in [2.75, 3.05) is 6.54 Å². The van der Waals surface area contributed by atoms with E-state index in [1.165, 1.54) is 0 Å². The number of carbonyl (C=O) groups is 2. The van der Waals surface area contributed by atoms with Crippen LogP contribution in [-0.4, -0.2) is 81.0 Å². The van der Waals surface area contributed by atoms with Crippen LogP contribution in [0.2, 0.25) is 0 Å². The fourth-order valence-corrected chi connectivity index (χ4v) is 1.57. The summed E-state index contributed by atoms with van der Waals surface area (Å²) in [4.78, 5) is 23.6. The second-order valence-corrected chi connectivity index (χ2v) is 4.88. The molecule has 7 heteroatoms. The number of rotatable bonds is 1. The molecule has 1 heterocycles. The first-order valence-electron chi connectivity index (χ1n) is 5.11. The molecule has 1 unspecified atom stereocenters. The van der Waals surface area contributed by atoms with Crippen LogP contribution >= 0.6 is 0 Å². The van der Waals surface area contributed by atoms with Crippen LogP contribution in [0.25, 0.3) is 0 Å². The third-order valence-electron chi connectivity index (χ3n) is 2.19. The number of aliphatic carboxylic acids is 1. The van der Waals surface area contributed by atoms with E-state index in [9.17, 15) is 14.7 Å². The van der Waals surface area contributed by atoms with Crippen LogP contribution in [0.1, 0.15) is 27.2 Å². The van der Waals surface area contributed by atoms with Gasteiger partial charge in [0.25, 0.3) is 0 Å². The first kappa shape index (κ1) is 16.7. The number of aliphatic hydroxyl groups excluding tert-OH is 1. The van der Waals surface area contributed by atoms with Crippen molar-refractivity contribution >= 4 is 41.6 Å². The molecule has 0 radical (unpaired) electrons. The maximum atomic E-state index is 11.7. The quantitative estimate of drug-likeness (QED) is 0.633. The molecule has 0 bridgehead atoms. The van der Waals surface area contributed by atoms with Crippen molar-refractivity contribution in [1.82, 2.24) is 4.90 Å². The van der Waals surface area contributed by atoms with Crippen molar-refractivity contribution in [3.63, 3.8) is 0 Å². The van der Waals surface area contributed by atoms with E-state index in [1.807, 2.05) is 0 Å². The van der Waals surface area contributed by atoms with Crippen molar-refractivity contribution in [3.8, 4) is 0 Å². The van der Waals surface area contributed by atoms with Gasteiger partial charge < -0.3 is 14.9 Å². The number of likely N-dealkylation sites (tertiary alicyclic amines) is 1. The van der Waals surface area contributed by atoms with Crippen LogP contribution < -0.4 is 0 Å². The number of aliphatic hydroxyl groups is 1. The van der Waals surface area contributed by atoms with E-state index in [-0.39, 0.29) is 42.5 Å². The molecule has 0 aromatic carbocycles. The van der Waals surface area contributed by atoms with Crippen molar-refractivity contribution in [3.05, 3.63) is 0 Å². The summed E-state index contributed by atoms with van der Waals surface area (Å²) in [6.07, 6.45) is -1.45. The molecular formula is C10H18NNaO5. The van der Waals surface area contributed by atoms with Crippen LogP contribution in [0, 0.1) is 0 Å². The molecule has 0 spiro atoms. The number of ether oxygens (including phenoxy) is 1. The summed E-state index contributed by atoms with van der Waals surface area (Å²) in [5.74, 6) is -1.12. The van der Waals surface area contributed by atoms with Gasteiger partial charge in [0.2, 0.25) is 0 Å². The molecular weight excluding hydrogens is 237 g/mol. The number of hydrogen-bond donors (Lipinski definition) is 2. The SMILES string of the molecule is CC(C)(C)OC(=O)N1C[C@H](O)CC1C(=O)O.[NaH]. The van der Waals surface area contributed by atoms with E-state index in [2.05, 4.69) is 0 Å². The Hall–Kier alpha value is -0.300. The first-order chi connectivity index (χ1) is 7.20. The summed E-state index contributed by atoms with van der Waals surface area (Å²) in [5, 5.41) is 18.2. The van der Waals surface area contributed by atoms with Crippen LogP contribution in [-0.2, 0) is 9.53 Å². The summed E-state index contributed by atoms with van der Waals surface area (Å²) in [6, 6.07) is -0.996. The Morgan fingerprint density at radius 1 is 1.35 bits per heavy atom. The van der Waals surface area contributed by atoms with Crippen molar-refractivity contribution < 1.29 is 24.5 Å². The predicted molar refractivity (Wildman–Crippen MR) is 62.1 cm³/mol. The van der Waals surface area contributed by atoms with Gasteiger partial charge in [0.15, 0.2) is 0 Å². The molecule has 0 aliphatic carbocycles. The summed E-state index contributed by atoms with van der Waals surface area (Å²) in [7, 11) is 0.